The quantitative estimate of drug-likeness (QED) is 0.793. The summed E-state index contributed by atoms with van der Waals surface area (Å²) in [6.07, 6.45) is 0. The van der Waals surface area contributed by atoms with Crippen LogP contribution in [0.25, 0.3) is 0 Å². The van der Waals surface area contributed by atoms with Gasteiger partial charge in [0, 0.05) is 12.6 Å². The van der Waals surface area contributed by atoms with Crippen LogP contribution in [0.3, 0.4) is 0 Å². The van der Waals surface area contributed by atoms with Crippen molar-refractivity contribution in [3.63, 3.8) is 0 Å². The van der Waals surface area contributed by atoms with Crippen LogP contribution >= 0.6 is 23.2 Å². The number of carbonyl (C=O) groups is 2. The van der Waals surface area contributed by atoms with Gasteiger partial charge in [-0.2, -0.15) is 0 Å². The maximum atomic E-state index is 12.5. The van der Waals surface area contributed by atoms with Crippen molar-refractivity contribution in [1.29, 1.82) is 0 Å². The lowest BCUT2D eigenvalue weighted by molar-refractivity contribution is 0.0601. The smallest absolute Gasteiger partial charge is 0.339 e. The molecule has 0 aliphatic heterocycles. The van der Waals surface area contributed by atoms with E-state index in [0.29, 0.717) is 26.9 Å². The third kappa shape index (κ3) is 3.24. The zero-order valence-electron chi connectivity index (χ0n) is 12.0. The highest BCUT2D eigenvalue weighted by atomic mass is 35.5. The first kappa shape index (κ1) is 16.3. The van der Waals surface area contributed by atoms with Crippen molar-refractivity contribution >= 4 is 40.8 Å². The minimum Gasteiger partial charge on any atom is -0.465 e. The number of rotatable bonds is 3. The summed E-state index contributed by atoms with van der Waals surface area (Å²) in [5, 5.41) is 0.665. The van der Waals surface area contributed by atoms with Crippen molar-refractivity contribution in [2.45, 2.75) is 0 Å². The normalized spacial score (nSPS) is 10.2. The average molecular weight is 338 g/mol. The standard InChI is InChI=1S/C16H13Cl2NO3/c1-19(14-6-4-3-5-11(14)16(21)22-2)15(20)10-7-8-12(17)13(18)9-10/h3-9H,1-2H3. The molecule has 0 spiro atoms. The highest BCUT2D eigenvalue weighted by molar-refractivity contribution is 6.42. The van der Waals surface area contributed by atoms with E-state index in [-0.39, 0.29) is 5.91 Å². The predicted octanol–water partition coefficient (Wildman–Crippen LogP) is 4.06. The molecule has 0 aliphatic carbocycles. The number of methoxy groups -OCH3 is 1. The largest absolute Gasteiger partial charge is 0.465 e. The van der Waals surface area contributed by atoms with Crippen LogP contribution in [0.4, 0.5) is 5.69 Å². The van der Waals surface area contributed by atoms with Gasteiger partial charge in [0.05, 0.1) is 28.4 Å². The monoisotopic (exact) mass is 337 g/mol. The zero-order chi connectivity index (χ0) is 16.3. The number of ether oxygens (including phenoxy) is 1. The Hall–Kier alpha value is -2.04. The Labute approximate surface area is 138 Å². The van der Waals surface area contributed by atoms with E-state index in [1.54, 1.807) is 43.4 Å². The molecular weight excluding hydrogens is 325 g/mol. The van der Waals surface area contributed by atoms with Gasteiger partial charge in [0.1, 0.15) is 0 Å². The van der Waals surface area contributed by atoms with Gasteiger partial charge >= 0.3 is 5.97 Å². The third-order valence-corrected chi connectivity index (χ3v) is 3.88. The first-order valence-electron chi connectivity index (χ1n) is 6.36. The van der Waals surface area contributed by atoms with Crippen molar-refractivity contribution in [2.24, 2.45) is 0 Å². The third-order valence-electron chi connectivity index (χ3n) is 3.14. The Bertz CT molecular complexity index is 731. The summed E-state index contributed by atoms with van der Waals surface area (Å²) in [5.41, 5.74) is 1.13. The number of anilines is 1. The number of halogens is 2. The van der Waals surface area contributed by atoms with E-state index in [4.69, 9.17) is 27.9 Å². The molecule has 0 radical (unpaired) electrons. The van der Waals surface area contributed by atoms with E-state index in [9.17, 15) is 9.59 Å². The number of benzene rings is 2. The first-order valence-corrected chi connectivity index (χ1v) is 7.11. The van der Waals surface area contributed by atoms with Gasteiger partial charge in [0.2, 0.25) is 0 Å². The van der Waals surface area contributed by atoms with Crippen molar-refractivity contribution < 1.29 is 14.3 Å². The van der Waals surface area contributed by atoms with Gasteiger partial charge in [-0.05, 0) is 30.3 Å². The molecule has 0 saturated carbocycles. The molecule has 2 rings (SSSR count). The number of hydrogen-bond donors (Lipinski definition) is 0. The van der Waals surface area contributed by atoms with Crippen LogP contribution in [0, 0.1) is 0 Å². The van der Waals surface area contributed by atoms with Crippen molar-refractivity contribution in [3.8, 4) is 0 Å². The summed E-state index contributed by atoms with van der Waals surface area (Å²) < 4.78 is 4.73. The Kier molecular flexibility index (Phi) is 5.06. The second kappa shape index (κ2) is 6.81. The van der Waals surface area contributed by atoms with E-state index in [2.05, 4.69) is 0 Å². The molecule has 4 nitrogen and oxygen atoms in total. The van der Waals surface area contributed by atoms with Gasteiger partial charge in [-0.3, -0.25) is 4.79 Å². The average Bonchev–Trinajstić information content (AvgIpc) is 2.55. The molecule has 0 bridgehead atoms. The molecular formula is C16H13Cl2NO3. The molecule has 2 aromatic carbocycles. The lowest BCUT2D eigenvalue weighted by atomic mass is 10.1. The van der Waals surface area contributed by atoms with Crippen LogP contribution in [0.5, 0.6) is 0 Å². The fourth-order valence-corrected chi connectivity index (χ4v) is 2.28. The molecule has 0 aromatic heterocycles. The van der Waals surface area contributed by atoms with Crippen LogP contribution in [-0.2, 0) is 4.74 Å². The summed E-state index contributed by atoms with van der Waals surface area (Å²) >= 11 is 11.8. The van der Waals surface area contributed by atoms with E-state index in [1.165, 1.54) is 18.1 Å². The fourth-order valence-electron chi connectivity index (χ4n) is 1.98. The lowest BCUT2D eigenvalue weighted by Gasteiger charge is -2.20. The van der Waals surface area contributed by atoms with Crippen LogP contribution < -0.4 is 4.90 Å². The van der Waals surface area contributed by atoms with Crippen molar-refractivity contribution in [3.05, 3.63) is 63.6 Å². The number of hydrogen-bond acceptors (Lipinski definition) is 3. The molecule has 22 heavy (non-hydrogen) atoms. The van der Waals surface area contributed by atoms with Crippen LogP contribution in [0.15, 0.2) is 42.5 Å². The maximum Gasteiger partial charge on any atom is 0.339 e. The van der Waals surface area contributed by atoms with Gasteiger partial charge in [0.25, 0.3) is 5.91 Å². The zero-order valence-corrected chi connectivity index (χ0v) is 13.5. The summed E-state index contributed by atoms with van der Waals surface area (Å²) in [5.74, 6) is -0.820. The fraction of sp³-hybridized carbons (Fsp3) is 0.125. The Morgan fingerprint density at radius 1 is 1.05 bits per heavy atom. The topological polar surface area (TPSA) is 46.6 Å². The van der Waals surface area contributed by atoms with Crippen LogP contribution in [-0.4, -0.2) is 26.0 Å². The number of nitrogens with zero attached hydrogens (tertiary/aromatic N) is 1. The van der Waals surface area contributed by atoms with Gasteiger partial charge in [0.15, 0.2) is 0 Å². The molecule has 0 unspecified atom stereocenters. The highest BCUT2D eigenvalue weighted by Crippen LogP contribution is 2.26. The molecule has 2 aromatic rings. The minimum atomic E-state index is -0.510. The summed E-state index contributed by atoms with van der Waals surface area (Å²) in [6, 6.07) is 11.3. The Morgan fingerprint density at radius 2 is 1.73 bits per heavy atom. The van der Waals surface area contributed by atoms with Crippen LogP contribution in [0.1, 0.15) is 20.7 Å². The molecule has 114 valence electrons. The second-order valence-electron chi connectivity index (χ2n) is 4.50. The van der Waals surface area contributed by atoms with Gasteiger partial charge in [-0.1, -0.05) is 35.3 Å². The van der Waals surface area contributed by atoms with E-state index in [1.807, 2.05) is 0 Å². The predicted molar refractivity (Wildman–Crippen MR) is 87.0 cm³/mol. The molecule has 0 fully saturated rings. The SMILES string of the molecule is COC(=O)c1ccccc1N(C)C(=O)c1ccc(Cl)c(Cl)c1. The molecule has 0 N–H and O–H groups in total. The molecule has 6 heteroatoms. The Balaban J connectivity index is 2.39. The van der Waals surface area contributed by atoms with Gasteiger partial charge < -0.3 is 9.64 Å². The summed E-state index contributed by atoms with van der Waals surface area (Å²) in [7, 11) is 2.87. The lowest BCUT2D eigenvalue weighted by Crippen LogP contribution is -2.28. The highest BCUT2D eigenvalue weighted by Gasteiger charge is 2.20. The number of esters is 1. The van der Waals surface area contributed by atoms with E-state index in [0.717, 1.165) is 0 Å². The summed E-state index contributed by atoms with van der Waals surface area (Å²) in [6.45, 7) is 0. The van der Waals surface area contributed by atoms with Crippen LogP contribution in [0.2, 0.25) is 10.0 Å². The van der Waals surface area contributed by atoms with E-state index >= 15 is 0 Å². The van der Waals surface area contributed by atoms with Crippen molar-refractivity contribution in [2.75, 3.05) is 19.1 Å². The number of amides is 1. The van der Waals surface area contributed by atoms with E-state index < -0.39 is 5.97 Å². The number of para-hydroxylation sites is 1. The Morgan fingerprint density at radius 3 is 2.36 bits per heavy atom. The van der Waals surface area contributed by atoms with Crippen molar-refractivity contribution in [1.82, 2.24) is 0 Å². The van der Waals surface area contributed by atoms with Gasteiger partial charge in [-0.15, -0.1) is 0 Å². The molecule has 1 amide bonds. The number of carbonyl (C=O) groups excluding carboxylic acids is 2. The molecule has 0 heterocycles. The summed E-state index contributed by atoms with van der Waals surface area (Å²) in [4.78, 5) is 25.7. The molecule has 0 saturated heterocycles. The van der Waals surface area contributed by atoms with Gasteiger partial charge in [-0.25, -0.2) is 4.79 Å². The first-order chi connectivity index (χ1) is 10.5. The molecule has 0 atom stereocenters. The maximum absolute atomic E-state index is 12.5. The second-order valence-corrected chi connectivity index (χ2v) is 5.32. The minimum absolute atomic E-state index is 0.294. The molecule has 0 aliphatic rings.